The van der Waals surface area contributed by atoms with Gasteiger partial charge in [0.05, 0.1) is 23.9 Å². The third kappa shape index (κ3) is 5.71. The first kappa shape index (κ1) is 22.0. The highest BCUT2D eigenvalue weighted by Crippen LogP contribution is 2.24. The molecule has 5 nitrogen and oxygen atoms in total. The van der Waals surface area contributed by atoms with Crippen LogP contribution in [0.25, 0.3) is 11.0 Å². The Kier molecular flexibility index (Phi) is 7.46. The van der Waals surface area contributed by atoms with Crippen molar-refractivity contribution in [3.05, 3.63) is 90.0 Å². The number of hydrogen-bond donors (Lipinski definition) is 1. The number of hydrogen-bond acceptors (Lipinski definition) is 4. The Morgan fingerprint density at radius 1 is 0.938 bits per heavy atom. The fourth-order valence-electron chi connectivity index (χ4n) is 3.58. The zero-order chi connectivity index (χ0) is 22.2. The van der Waals surface area contributed by atoms with Gasteiger partial charge < -0.3 is 14.6 Å². The monoisotopic (exact) mass is 445 g/mol. The highest BCUT2D eigenvalue weighted by Gasteiger charge is 2.13. The van der Waals surface area contributed by atoms with E-state index in [1.54, 1.807) is 7.11 Å². The summed E-state index contributed by atoms with van der Waals surface area (Å²) in [5.74, 6) is 1.20. The lowest BCUT2D eigenvalue weighted by molar-refractivity contribution is -0.118. The van der Waals surface area contributed by atoms with Crippen molar-refractivity contribution >= 4 is 28.7 Å². The van der Waals surface area contributed by atoms with Crippen LogP contribution in [0.15, 0.2) is 84.0 Å². The standard InChI is InChI=1S/C26H27N3O2S/c1-31-22-13-11-21(12-14-22)15-17-27-25(30)19-32-26-28-23-9-5-6-10-24(23)29(26)18-16-20-7-3-2-4-8-20/h2-14H,15-19H2,1H3,(H,27,30). The number of methoxy groups -OCH3 is 1. The van der Waals surface area contributed by atoms with Gasteiger partial charge in [-0.25, -0.2) is 4.98 Å². The SMILES string of the molecule is COc1ccc(CCNC(=O)CSc2nc3ccccc3n2CCc2ccccc2)cc1. The molecule has 32 heavy (non-hydrogen) atoms. The van der Waals surface area contributed by atoms with Gasteiger partial charge in [0.15, 0.2) is 5.16 Å². The summed E-state index contributed by atoms with van der Waals surface area (Å²) in [6, 6.07) is 26.5. The quantitative estimate of drug-likeness (QED) is 0.358. The lowest BCUT2D eigenvalue weighted by atomic mass is 10.1. The van der Waals surface area contributed by atoms with Gasteiger partial charge in [-0.1, -0.05) is 66.4 Å². The van der Waals surface area contributed by atoms with E-state index in [4.69, 9.17) is 9.72 Å². The average Bonchev–Trinajstić information content (AvgIpc) is 3.20. The second-order valence-corrected chi connectivity index (χ2v) is 8.45. The Balaban J connectivity index is 1.34. The van der Waals surface area contributed by atoms with Gasteiger partial charge in [-0.2, -0.15) is 0 Å². The summed E-state index contributed by atoms with van der Waals surface area (Å²) >= 11 is 1.49. The van der Waals surface area contributed by atoms with E-state index in [2.05, 4.69) is 40.2 Å². The third-order valence-electron chi connectivity index (χ3n) is 5.31. The normalized spacial score (nSPS) is 10.9. The van der Waals surface area contributed by atoms with Crippen molar-refractivity contribution < 1.29 is 9.53 Å². The van der Waals surface area contributed by atoms with Gasteiger partial charge >= 0.3 is 0 Å². The molecule has 3 aromatic carbocycles. The molecule has 4 aromatic rings. The lowest BCUT2D eigenvalue weighted by Crippen LogP contribution is -2.27. The molecule has 0 fully saturated rings. The molecule has 0 spiro atoms. The number of aryl methyl sites for hydroxylation is 2. The number of fused-ring (bicyclic) bond motifs is 1. The van der Waals surface area contributed by atoms with Crippen LogP contribution in [-0.4, -0.2) is 34.9 Å². The van der Waals surface area contributed by atoms with E-state index in [1.165, 1.54) is 22.9 Å². The van der Waals surface area contributed by atoms with Gasteiger partial charge in [-0.15, -0.1) is 0 Å². The zero-order valence-corrected chi connectivity index (χ0v) is 19.0. The van der Waals surface area contributed by atoms with Crippen LogP contribution >= 0.6 is 11.8 Å². The van der Waals surface area contributed by atoms with Crippen molar-refractivity contribution in [1.29, 1.82) is 0 Å². The molecule has 4 rings (SSSR count). The number of imidazole rings is 1. The Morgan fingerprint density at radius 3 is 2.44 bits per heavy atom. The molecule has 0 saturated heterocycles. The molecule has 0 aliphatic heterocycles. The Bertz CT molecular complexity index is 1160. The van der Waals surface area contributed by atoms with E-state index >= 15 is 0 Å². The summed E-state index contributed by atoms with van der Waals surface area (Å²) in [5, 5.41) is 3.89. The fourth-order valence-corrected chi connectivity index (χ4v) is 4.46. The summed E-state index contributed by atoms with van der Waals surface area (Å²) in [6.45, 7) is 1.43. The smallest absolute Gasteiger partial charge is 0.230 e. The van der Waals surface area contributed by atoms with Gasteiger partial charge in [-0.3, -0.25) is 4.79 Å². The fraction of sp³-hybridized carbons (Fsp3) is 0.231. The molecule has 0 atom stereocenters. The van der Waals surface area contributed by atoms with Gasteiger partial charge in [0.25, 0.3) is 0 Å². The number of nitrogens with zero attached hydrogens (tertiary/aromatic N) is 2. The Morgan fingerprint density at radius 2 is 1.66 bits per heavy atom. The number of carbonyl (C=O) groups excluding carboxylic acids is 1. The molecule has 1 heterocycles. The number of carbonyl (C=O) groups is 1. The van der Waals surface area contributed by atoms with Crippen molar-refractivity contribution in [3.63, 3.8) is 0 Å². The number of para-hydroxylation sites is 2. The minimum absolute atomic E-state index is 0.0187. The number of rotatable bonds is 10. The van der Waals surface area contributed by atoms with E-state index in [1.807, 2.05) is 48.5 Å². The number of benzene rings is 3. The van der Waals surface area contributed by atoms with Crippen LogP contribution in [0.5, 0.6) is 5.75 Å². The highest BCUT2D eigenvalue weighted by molar-refractivity contribution is 7.99. The molecule has 0 saturated carbocycles. The minimum Gasteiger partial charge on any atom is -0.497 e. The molecule has 1 aromatic heterocycles. The molecule has 0 unspecified atom stereocenters. The van der Waals surface area contributed by atoms with Crippen LogP contribution < -0.4 is 10.1 Å². The third-order valence-corrected chi connectivity index (χ3v) is 6.29. The van der Waals surface area contributed by atoms with Crippen LogP contribution in [-0.2, 0) is 24.2 Å². The zero-order valence-electron chi connectivity index (χ0n) is 18.2. The minimum atomic E-state index is 0.0187. The van der Waals surface area contributed by atoms with Crippen molar-refractivity contribution in [2.24, 2.45) is 0 Å². The molecule has 0 aliphatic carbocycles. The maximum absolute atomic E-state index is 12.4. The topological polar surface area (TPSA) is 56.1 Å². The number of thioether (sulfide) groups is 1. The number of ether oxygens (including phenoxy) is 1. The van der Waals surface area contributed by atoms with Crippen molar-refractivity contribution in [2.45, 2.75) is 24.5 Å². The number of nitrogens with one attached hydrogen (secondary N) is 1. The van der Waals surface area contributed by atoms with Crippen LogP contribution in [0.4, 0.5) is 0 Å². The molecular weight excluding hydrogens is 418 g/mol. The molecule has 164 valence electrons. The molecule has 6 heteroatoms. The summed E-state index contributed by atoms with van der Waals surface area (Å²) in [4.78, 5) is 17.2. The van der Waals surface area contributed by atoms with Gasteiger partial charge in [-0.05, 0) is 48.2 Å². The van der Waals surface area contributed by atoms with Crippen molar-refractivity contribution in [1.82, 2.24) is 14.9 Å². The van der Waals surface area contributed by atoms with E-state index in [0.29, 0.717) is 12.3 Å². The Labute approximate surface area is 192 Å². The first-order chi connectivity index (χ1) is 15.7. The first-order valence-corrected chi connectivity index (χ1v) is 11.7. The van der Waals surface area contributed by atoms with Crippen LogP contribution in [0.3, 0.4) is 0 Å². The maximum Gasteiger partial charge on any atom is 0.230 e. The maximum atomic E-state index is 12.4. The van der Waals surface area contributed by atoms with E-state index in [-0.39, 0.29) is 5.91 Å². The second-order valence-electron chi connectivity index (χ2n) is 7.51. The van der Waals surface area contributed by atoms with Crippen molar-refractivity contribution in [3.8, 4) is 5.75 Å². The van der Waals surface area contributed by atoms with E-state index < -0.39 is 0 Å². The molecule has 0 aliphatic rings. The van der Waals surface area contributed by atoms with E-state index in [9.17, 15) is 4.79 Å². The molecule has 1 amide bonds. The summed E-state index contributed by atoms with van der Waals surface area (Å²) in [7, 11) is 1.66. The van der Waals surface area contributed by atoms with Gasteiger partial charge in [0.1, 0.15) is 5.75 Å². The molecule has 0 bridgehead atoms. The van der Waals surface area contributed by atoms with Crippen molar-refractivity contribution in [2.75, 3.05) is 19.4 Å². The van der Waals surface area contributed by atoms with Crippen LogP contribution in [0, 0.1) is 0 Å². The molecular formula is C26H27N3O2S. The van der Waals surface area contributed by atoms with Crippen LogP contribution in [0.1, 0.15) is 11.1 Å². The largest absolute Gasteiger partial charge is 0.497 e. The Hall–Kier alpha value is -3.25. The average molecular weight is 446 g/mol. The predicted octanol–water partition coefficient (Wildman–Crippen LogP) is 4.74. The second kappa shape index (κ2) is 10.9. The molecule has 1 N–H and O–H groups in total. The van der Waals surface area contributed by atoms with Crippen LogP contribution in [0.2, 0.25) is 0 Å². The highest BCUT2D eigenvalue weighted by atomic mass is 32.2. The predicted molar refractivity (Wildman–Crippen MR) is 130 cm³/mol. The first-order valence-electron chi connectivity index (χ1n) is 10.7. The van der Waals surface area contributed by atoms with Gasteiger partial charge in [0.2, 0.25) is 5.91 Å². The lowest BCUT2D eigenvalue weighted by Gasteiger charge is -2.10. The van der Waals surface area contributed by atoms with Gasteiger partial charge in [0, 0.05) is 13.1 Å². The summed E-state index contributed by atoms with van der Waals surface area (Å²) in [5.41, 5.74) is 4.52. The number of aromatic nitrogens is 2. The van der Waals surface area contributed by atoms with E-state index in [0.717, 1.165) is 41.3 Å². The number of amides is 1. The molecule has 0 radical (unpaired) electrons. The summed E-state index contributed by atoms with van der Waals surface area (Å²) < 4.78 is 7.40. The summed E-state index contributed by atoms with van der Waals surface area (Å²) in [6.07, 6.45) is 1.71.